The molecule has 162 valence electrons. The van der Waals surface area contributed by atoms with Crippen molar-refractivity contribution in [1.29, 1.82) is 5.26 Å². The lowest BCUT2D eigenvalue weighted by Crippen LogP contribution is -2.45. The van der Waals surface area contributed by atoms with Gasteiger partial charge < -0.3 is 10.0 Å². The van der Waals surface area contributed by atoms with Crippen molar-refractivity contribution in [2.24, 2.45) is 5.92 Å². The number of thiophene rings is 1. The monoisotopic (exact) mass is 429 g/mol. The molecule has 0 saturated carbocycles. The molecule has 2 amide bonds. The number of hydrogen-bond donors (Lipinski definition) is 1. The SMILES string of the molecule is CCCCC(CC)CN1C(=O)C(C#N)=C(C)/C(=C\c2ccc(N(C)CCO)s2)C1=O. The molecular formula is C23H31N3O3S. The summed E-state index contributed by atoms with van der Waals surface area (Å²) in [6.45, 7) is 6.78. The number of anilines is 1. The molecule has 1 aliphatic rings. The van der Waals surface area contributed by atoms with Crippen LogP contribution in [0.25, 0.3) is 6.08 Å². The van der Waals surface area contributed by atoms with Crippen LogP contribution >= 0.6 is 11.3 Å². The van der Waals surface area contributed by atoms with Crippen molar-refractivity contribution in [2.45, 2.75) is 46.5 Å². The van der Waals surface area contributed by atoms with Gasteiger partial charge in [0, 0.05) is 30.6 Å². The fraction of sp³-hybridized carbons (Fsp3) is 0.522. The van der Waals surface area contributed by atoms with E-state index in [2.05, 4.69) is 13.8 Å². The van der Waals surface area contributed by atoms with E-state index in [9.17, 15) is 14.9 Å². The quantitative estimate of drug-likeness (QED) is 0.449. The van der Waals surface area contributed by atoms with E-state index < -0.39 is 5.91 Å². The number of nitriles is 1. The number of amides is 2. The average Bonchev–Trinajstić information content (AvgIpc) is 3.20. The van der Waals surface area contributed by atoms with Gasteiger partial charge in [-0.3, -0.25) is 14.5 Å². The molecule has 1 unspecified atom stereocenters. The van der Waals surface area contributed by atoms with Crippen LogP contribution in [0.1, 0.15) is 51.3 Å². The Kier molecular flexibility index (Phi) is 8.82. The number of imide groups is 1. The van der Waals surface area contributed by atoms with E-state index in [0.29, 0.717) is 24.2 Å². The molecule has 1 N–H and O–H groups in total. The van der Waals surface area contributed by atoms with Crippen LogP contribution < -0.4 is 4.90 Å². The Balaban J connectivity index is 2.37. The number of rotatable bonds is 10. The van der Waals surface area contributed by atoms with Crippen LogP contribution in [0.4, 0.5) is 5.00 Å². The smallest absolute Gasteiger partial charge is 0.271 e. The predicted molar refractivity (Wildman–Crippen MR) is 121 cm³/mol. The van der Waals surface area contributed by atoms with Crippen LogP contribution in [-0.4, -0.2) is 48.6 Å². The first kappa shape index (κ1) is 23.8. The van der Waals surface area contributed by atoms with Crippen LogP contribution in [0, 0.1) is 17.2 Å². The molecule has 30 heavy (non-hydrogen) atoms. The largest absolute Gasteiger partial charge is 0.395 e. The standard InChI is InChI=1S/C23H31N3O3S/c1-5-7-8-17(6-2)15-26-22(28)19(16(3)20(14-24)23(26)29)13-18-9-10-21(30-18)25(4)11-12-27/h9-10,13,17,27H,5-8,11-12,15H2,1-4H3/b19-13+. The summed E-state index contributed by atoms with van der Waals surface area (Å²) in [4.78, 5) is 30.1. The number of carbonyl (C=O) groups is 2. The molecule has 0 spiro atoms. The lowest BCUT2D eigenvalue weighted by atomic mass is 9.92. The van der Waals surface area contributed by atoms with Gasteiger partial charge in [0.25, 0.3) is 11.8 Å². The third-order valence-corrected chi connectivity index (χ3v) is 6.67. The van der Waals surface area contributed by atoms with E-state index in [1.165, 1.54) is 16.2 Å². The second-order valence-electron chi connectivity index (χ2n) is 7.63. The van der Waals surface area contributed by atoms with E-state index in [4.69, 9.17) is 5.11 Å². The molecule has 0 bridgehead atoms. The van der Waals surface area contributed by atoms with Gasteiger partial charge in [-0.25, -0.2) is 0 Å². The Hall–Kier alpha value is -2.43. The molecular weight excluding hydrogens is 398 g/mol. The fourth-order valence-electron chi connectivity index (χ4n) is 3.50. The van der Waals surface area contributed by atoms with Crippen LogP contribution in [0.5, 0.6) is 0 Å². The van der Waals surface area contributed by atoms with Crippen molar-refractivity contribution < 1.29 is 14.7 Å². The Morgan fingerprint density at radius 1 is 1.30 bits per heavy atom. The second kappa shape index (κ2) is 11.1. The summed E-state index contributed by atoms with van der Waals surface area (Å²) in [7, 11) is 1.89. The fourth-order valence-corrected chi connectivity index (χ4v) is 4.44. The molecule has 0 saturated heterocycles. The zero-order valence-corrected chi connectivity index (χ0v) is 19.1. The molecule has 6 nitrogen and oxygen atoms in total. The normalized spacial score (nSPS) is 16.9. The van der Waals surface area contributed by atoms with Gasteiger partial charge in [0.05, 0.1) is 11.6 Å². The minimum absolute atomic E-state index is 0.0420. The molecule has 7 heteroatoms. The molecule has 1 aromatic heterocycles. The average molecular weight is 430 g/mol. The van der Waals surface area contributed by atoms with Gasteiger partial charge in [-0.15, -0.1) is 11.3 Å². The summed E-state index contributed by atoms with van der Waals surface area (Å²) in [5.74, 6) is -0.579. The van der Waals surface area contributed by atoms with Gasteiger partial charge >= 0.3 is 0 Å². The van der Waals surface area contributed by atoms with Gasteiger partial charge in [0.2, 0.25) is 0 Å². The number of carbonyl (C=O) groups excluding carboxylic acids is 2. The Labute approximate surface area is 183 Å². The summed E-state index contributed by atoms with van der Waals surface area (Å²) < 4.78 is 0. The van der Waals surface area contributed by atoms with Crippen molar-refractivity contribution in [1.82, 2.24) is 4.90 Å². The minimum Gasteiger partial charge on any atom is -0.395 e. The Morgan fingerprint density at radius 2 is 2.03 bits per heavy atom. The van der Waals surface area contributed by atoms with Crippen LogP contribution in [-0.2, 0) is 9.59 Å². The first-order valence-electron chi connectivity index (χ1n) is 10.5. The van der Waals surface area contributed by atoms with E-state index in [1.54, 1.807) is 13.0 Å². The van der Waals surface area contributed by atoms with E-state index in [0.717, 1.165) is 35.6 Å². The second-order valence-corrected chi connectivity index (χ2v) is 8.72. The van der Waals surface area contributed by atoms with E-state index in [-0.39, 0.29) is 24.0 Å². The molecule has 0 aliphatic carbocycles. The summed E-state index contributed by atoms with van der Waals surface area (Å²) in [5, 5.41) is 19.7. The zero-order chi connectivity index (χ0) is 22.3. The maximum atomic E-state index is 13.2. The summed E-state index contributed by atoms with van der Waals surface area (Å²) in [6, 6.07) is 5.85. The van der Waals surface area contributed by atoms with Crippen LogP contribution in [0.15, 0.2) is 28.9 Å². The molecule has 2 heterocycles. The highest BCUT2D eigenvalue weighted by atomic mass is 32.1. The van der Waals surface area contributed by atoms with Gasteiger partial charge in [0.1, 0.15) is 11.6 Å². The first-order valence-corrected chi connectivity index (χ1v) is 11.3. The Bertz CT molecular complexity index is 878. The van der Waals surface area contributed by atoms with E-state index in [1.807, 2.05) is 30.1 Å². The lowest BCUT2D eigenvalue weighted by molar-refractivity contribution is -0.141. The number of aliphatic hydroxyl groups excluding tert-OH is 1. The molecule has 0 fully saturated rings. The zero-order valence-electron chi connectivity index (χ0n) is 18.3. The summed E-state index contributed by atoms with van der Waals surface area (Å²) >= 11 is 1.50. The lowest BCUT2D eigenvalue weighted by Gasteiger charge is -2.30. The molecule has 1 atom stereocenters. The topological polar surface area (TPSA) is 84.6 Å². The van der Waals surface area contributed by atoms with Crippen LogP contribution in [0.2, 0.25) is 0 Å². The number of unbranched alkanes of at least 4 members (excludes halogenated alkanes) is 1. The van der Waals surface area contributed by atoms with Gasteiger partial charge in [-0.05, 0) is 43.0 Å². The molecule has 0 aromatic carbocycles. The van der Waals surface area contributed by atoms with Crippen molar-refractivity contribution in [3.63, 3.8) is 0 Å². The maximum Gasteiger partial charge on any atom is 0.271 e. The maximum absolute atomic E-state index is 13.2. The van der Waals surface area contributed by atoms with Crippen molar-refractivity contribution in [2.75, 3.05) is 31.6 Å². The number of likely N-dealkylation sites (N-methyl/N-ethyl adjacent to an activating group) is 1. The highest BCUT2D eigenvalue weighted by Crippen LogP contribution is 2.32. The molecule has 2 rings (SSSR count). The number of nitrogens with zero attached hydrogens (tertiary/aromatic N) is 3. The van der Waals surface area contributed by atoms with Crippen LogP contribution in [0.3, 0.4) is 0 Å². The van der Waals surface area contributed by atoms with Crippen molar-refractivity contribution >= 4 is 34.2 Å². The van der Waals surface area contributed by atoms with Crippen molar-refractivity contribution in [3.05, 3.63) is 33.7 Å². The van der Waals surface area contributed by atoms with Gasteiger partial charge in [-0.2, -0.15) is 5.26 Å². The first-order chi connectivity index (χ1) is 14.4. The summed E-state index contributed by atoms with van der Waals surface area (Å²) in [6.07, 6.45) is 5.72. The van der Waals surface area contributed by atoms with E-state index >= 15 is 0 Å². The minimum atomic E-state index is -0.485. The van der Waals surface area contributed by atoms with Crippen molar-refractivity contribution in [3.8, 4) is 6.07 Å². The molecule has 1 aliphatic heterocycles. The van der Waals surface area contributed by atoms with Gasteiger partial charge in [0.15, 0.2) is 0 Å². The molecule has 0 radical (unpaired) electrons. The Morgan fingerprint density at radius 3 is 2.63 bits per heavy atom. The third kappa shape index (κ3) is 5.38. The third-order valence-electron chi connectivity index (χ3n) is 5.52. The number of aliphatic hydroxyl groups is 1. The number of hydrogen-bond acceptors (Lipinski definition) is 6. The van der Waals surface area contributed by atoms with Gasteiger partial charge in [-0.1, -0.05) is 33.1 Å². The highest BCUT2D eigenvalue weighted by molar-refractivity contribution is 7.16. The molecule has 1 aromatic rings. The summed E-state index contributed by atoms with van der Waals surface area (Å²) in [5.41, 5.74) is 0.874. The predicted octanol–water partition coefficient (Wildman–Crippen LogP) is 3.99. The highest BCUT2D eigenvalue weighted by Gasteiger charge is 2.36.